The minimum absolute atomic E-state index is 0.120. The van der Waals surface area contributed by atoms with Crippen LogP contribution in [0.4, 0.5) is 0 Å². The van der Waals surface area contributed by atoms with E-state index in [0.29, 0.717) is 19.6 Å². The first-order valence-electron chi connectivity index (χ1n) is 8.12. The molecule has 1 rings (SSSR count). The minimum atomic E-state index is -0.319. The lowest BCUT2D eigenvalue weighted by atomic mass is 10.3. The first-order chi connectivity index (χ1) is 11.1. The SMILES string of the molecule is CCCCOC(=O)CCC(=O)OCCCC.O=C1C=CN=CC1. The zero-order chi connectivity index (χ0) is 17.3. The van der Waals surface area contributed by atoms with E-state index in [1.165, 1.54) is 12.3 Å². The standard InChI is InChI=1S/C12H22O4.C5H5NO/c1-3-5-9-15-11(13)7-8-12(14)16-10-6-4-2;7-5-1-3-6-4-2-5/h3-10H2,1-2H3;1,3-4H,2H2. The molecule has 0 saturated heterocycles. The van der Waals surface area contributed by atoms with Gasteiger partial charge in [-0.05, 0) is 18.9 Å². The fourth-order valence-electron chi connectivity index (χ4n) is 1.41. The maximum Gasteiger partial charge on any atom is 0.306 e. The van der Waals surface area contributed by atoms with Crippen LogP contribution >= 0.6 is 0 Å². The van der Waals surface area contributed by atoms with Crippen LogP contribution in [-0.2, 0) is 23.9 Å². The lowest BCUT2D eigenvalue weighted by molar-refractivity contribution is -0.150. The molecule has 6 nitrogen and oxygen atoms in total. The molecule has 0 radical (unpaired) electrons. The number of rotatable bonds is 9. The molecule has 1 heterocycles. The van der Waals surface area contributed by atoms with Crippen molar-refractivity contribution in [2.24, 2.45) is 4.99 Å². The highest BCUT2D eigenvalue weighted by molar-refractivity contribution is 6.00. The third-order valence-corrected chi connectivity index (χ3v) is 2.80. The van der Waals surface area contributed by atoms with Crippen molar-refractivity contribution in [2.45, 2.75) is 58.8 Å². The molecule has 130 valence electrons. The first-order valence-corrected chi connectivity index (χ1v) is 8.12. The van der Waals surface area contributed by atoms with Crippen molar-refractivity contribution in [3.8, 4) is 0 Å². The molecule has 0 amide bonds. The number of carbonyl (C=O) groups excluding carboxylic acids is 3. The molecule has 0 aromatic carbocycles. The molecular weight excluding hydrogens is 298 g/mol. The van der Waals surface area contributed by atoms with Crippen LogP contribution in [0.25, 0.3) is 0 Å². The van der Waals surface area contributed by atoms with E-state index >= 15 is 0 Å². The fraction of sp³-hybridized carbons (Fsp3) is 0.647. The monoisotopic (exact) mass is 325 g/mol. The van der Waals surface area contributed by atoms with E-state index < -0.39 is 0 Å². The molecule has 0 aromatic heterocycles. The van der Waals surface area contributed by atoms with Gasteiger partial charge in [-0.15, -0.1) is 0 Å². The summed E-state index contributed by atoms with van der Waals surface area (Å²) in [5.41, 5.74) is 0. The van der Waals surface area contributed by atoms with Gasteiger partial charge in [-0.2, -0.15) is 0 Å². The van der Waals surface area contributed by atoms with Crippen LogP contribution in [0.1, 0.15) is 58.8 Å². The van der Waals surface area contributed by atoms with Gasteiger partial charge in [-0.25, -0.2) is 0 Å². The Morgan fingerprint density at radius 3 is 1.87 bits per heavy atom. The van der Waals surface area contributed by atoms with Gasteiger partial charge in [-0.1, -0.05) is 26.7 Å². The summed E-state index contributed by atoms with van der Waals surface area (Å²) >= 11 is 0. The van der Waals surface area contributed by atoms with E-state index in [-0.39, 0.29) is 30.6 Å². The van der Waals surface area contributed by atoms with Crippen LogP contribution in [0.3, 0.4) is 0 Å². The number of hydrogen-bond acceptors (Lipinski definition) is 6. The summed E-state index contributed by atoms with van der Waals surface area (Å²) in [4.78, 5) is 36.2. The topological polar surface area (TPSA) is 82.0 Å². The Morgan fingerprint density at radius 1 is 1.04 bits per heavy atom. The summed E-state index contributed by atoms with van der Waals surface area (Å²) in [6, 6.07) is 0. The number of ketones is 1. The number of carbonyl (C=O) groups is 3. The van der Waals surface area contributed by atoms with Crippen LogP contribution in [0.2, 0.25) is 0 Å². The number of aliphatic imine (C=N–C) groups is 1. The Kier molecular flexibility index (Phi) is 13.7. The molecule has 0 atom stereocenters. The average molecular weight is 325 g/mol. The molecule has 6 heteroatoms. The quantitative estimate of drug-likeness (QED) is 0.481. The van der Waals surface area contributed by atoms with E-state index in [9.17, 15) is 14.4 Å². The number of unbranched alkanes of at least 4 members (excludes halogenated alkanes) is 2. The molecule has 0 saturated carbocycles. The summed E-state index contributed by atoms with van der Waals surface area (Å²) < 4.78 is 9.82. The average Bonchev–Trinajstić information content (AvgIpc) is 2.55. The van der Waals surface area contributed by atoms with Gasteiger partial charge in [0.05, 0.1) is 26.1 Å². The Morgan fingerprint density at radius 2 is 1.57 bits per heavy atom. The van der Waals surface area contributed by atoms with Crippen molar-refractivity contribution in [1.82, 2.24) is 0 Å². The van der Waals surface area contributed by atoms with Crippen LogP contribution in [-0.4, -0.2) is 37.2 Å². The Hall–Kier alpha value is -1.98. The summed E-state index contributed by atoms with van der Waals surface area (Å²) in [6.45, 7) is 4.94. The second-order valence-electron chi connectivity index (χ2n) is 4.97. The summed E-state index contributed by atoms with van der Waals surface area (Å²) in [6.07, 6.45) is 9.01. The highest BCUT2D eigenvalue weighted by Gasteiger charge is 2.08. The third-order valence-electron chi connectivity index (χ3n) is 2.80. The van der Waals surface area contributed by atoms with Crippen molar-refractivity contribution in [3.05, 3.63) is 12.3 Å². The molecule has 0 spiro atoms. The van der Waals surface area contributed by atoms with Gasteiger partial charge in [0.1, 0.15) is 0 Å². The maximum absolute atomic E-state index is 11.1. The predicted molar refractivity (Wildman–Crippen MR) is 88.2 cm³/mol. The molecule has 23 heavy (non-hydrogen) atoms. The van der Waals surface area contributed by atoms with Gasteiger partial charge in [-0.3, -0.25) is 19.4 Å². The second-order valence-corrected chi connectivity index (χ2v) is 4.97. The van der Waals surface area contributed by atoms with Crippen molar-refractivity contribution < 1.29 is 23.9 Å². The second kappa shape index (κ2) is 14.9. The van der Waals surface area contributed by atoms with Gasteiger partial charge in [0.2, 0.25) is 0 Å². The molecule has 0 N–H and O–H groups in total. The van der Waals surface area contributed by atoms with Crippen LogP contribution < -0.4 is 0 Å². The third kappa shape index (κ3) is 14.7. The van der Waals surface area contributed by atoms with Crippen LogP contribution in [0.15, 0.2) is 17.3 Å². The van der Waals surface area contributed by atoms with Crippen molar-refractivity contribution in [3.63, 3.8) is 0 Å². The minimum Gasteiger partial charge on any atom is -0.466 e. The van der Waals surface area contributed by atoms with Gasteiger partial charge in [0, 0.05) is 18.8 Å². The number of hydrogen-bond donors (Lipinski definition) is 0. The normalized spacial score (nSPS) is 12.3. The van der Waals surface area contributed by atoms with E-state index in [1.807, 2.05) is 13.8 Å². The van der Waals surface area contributed by atoms with E-state index in [0.717, 1.165) is 25.7 Å². The number of esters is 2. The molecule has 1 aliphatic heterocycles. The first kappa shape index (κ1) is 21.0. The molecule has 0 aromatic rings. The Balaban J connectivity index is 0.000000568. The van der Waals surface area contributed by atoms with Gasteiger partial charge < -0.3 is 9.47 Å². The molecule has 0 aliphatic carbocycles. The smallest absolute Gasteiger partial charge is 0.306 e. The molecule has 0 fully saturated rings. The summed E-state index contributed by atoms with van der Waals surface area (Å²) in [7, 11) is 0. The highest BCUT2D eigenvalue weighted by Crippen LogP contribution is 1.99. The van der Waals surface area contributed by atoms with Crippen LogP contribution in [0, 0.1) is 0 Å². The molecule has 0 bridgehead atoms. The van der Waals surface area contributed by atoms with E-state index in [4.69, 9.17) is 9.47 Å². The Labute approximate surface area is 137 Å². The predicted octanol–water partition coefficient (Wildman–Crippen LogP) is 3.00. The van der Waals surface area contributed by atoms with Crippen molar-refractivity contribution >= 4 is 23.9 Å². The van der Waals surface area contributed by atoms with Gasteiger partial charge in [0.15, 0.2) is 5.78 Å². The summed E-state index contributed by atoms with van der Waals surface area (Å²) in [5, 5.41) is 0. The Bertz CT molecular complexity index is 393. The largest absolute Gasteiger partial charge is 0.466 e. The fourth-order valence-corrected chi connectivity index (χ4v) is 1.41. The molecule has 0 unspecified atom stereocenters. The maximum atomic E-state index is 11.1. The molecule has 1 aliphatic rings. The van der Waals surface area contributed by atoms with Gasteiger partial charge in [0.25, 0.3) is 0 Å². The zero-order valence-corrected chi connectivity index (χ0v) is 14.1. The number of nitrogens with zero attached hydrogens (tertiary/aromatic N) is 1. The lowest BCUT2D eigenvalue weighted by Crippen LogP contribution is -2.11. The van der Waals surface area contributed by atoms with E-state index in [1.54, 1.807) is 6.21 Å². The summed E-state index contributed by atoms with van der Waals surface area (Å²) in [5.74, 6) is -0.503. The lowest BCUT2D eigenvalue weighted by Gasteiger charge is -2.04. The zero-order valence-electron chi connectivity index (χ0n) is 14.1. The molecular formula is C17H27NO5. The van der Waals surface area contributed by atoms with Crippen LogP contribution in [0.5, 0.6) is 0 Å². The number of allylic oxidation sites excluding steroid dienone is 1. The van der Waals surface area contributed by atoms with Crippen molar-refractivity contribution in [2.75, 3.05) is 13.2 Å². The van der Waals surface area contributed by atoms with Gasteiger partial charge >= 0.3 is 11.9 Å². The highest BCUT2D eigenvalue weighted by atomic mass is 16.5. The van der Waals surface area contributed by atoms with Crippen molar-refractivity contribution in [1.29, 1.82) is 0 Å². The number of ether oxygens (including phenoxy) is 2. The van der Waals surface area contributed by atoms with E-state index in [2.05, 4.69) is 4.99 Å².